The molecule has 0 fully saturated rings. The quantitative estimate of drug-likeness (QED) is 0.755. The standard InChI is InChI=1S/C20H24N2O3S/c1-14-5-7-16(8-6-14)21-19(23)13-22(3)20(24)15(2)26-18-11-9-17(25-4)10-12-18/h5-12,15H,13H2,1-4H3,(H,21,23)/t15-/m1/s1. The van der Waals surface area contributed by atoms with E-state index in [0.29, 0.717) is 0 Å². The predicted octanol–water partition coefficient (Wildman–Crippen LogP) is 3.58. The van der Waals surface area contributed by atoms with Gasteiger partial charge in [-0.15, -0.1) is 11.8 Å². The average Bonchev–Trinajstić information content (AvgIpc) is 2.63. The molecule has 1 atom stereocenters. The summed E-state index contributed by atoms with van der Waals surface area (Å²) in [5, 5.41) is 2.51. The highest BCUT2D eigenvalue weighted by Crippen LogP contribution is 2.26. The Balaban J connectivity index is 1.86. The average molecular weight is 372 g/mol. The van der Waals surface area contributed by atoms with E-state index in [-0.39, 0.29) is 23.6 Å². The highest BCUT2D eigenvalue weighted by Gasteiger charge is 2.20. The van der Waals surface area contributed by atoms with Crippen LogP contribution in [0.4, 0.5) is 5.69 Å². The van der Waals surface area contributed by atoms with Crippen LogP contribution in [-0.4, -0.2) is 42.7 Å². The molecule has 6 heteroatoms. The summed E-state index contributed by atoms with van der Waals surface area (Å²) in [6.45, 7) is 3.84. The smallest absolute Gasteiger partial charge is 0.243 e. The number of carbonyl (C=O) groups is 2. The summed E-state index contributed by atoms with van der Waals surface area (Å²) in [6, 6.07) is 15.1. The van der Waals surface area contributed by atoms with Crippen molar-refractivity contribution in [3.8, 4) is 5.75 Å². The van der Waals surface area contributed by atoms with Gasteiger partial charge in [0.05, 0.1) is 18.9 Å². The fourth-order valence-corrected chi connectivity index (χ4v) is 3.33. The van der Waals surface area contributed by atoms with E-state index < -0.39 is 0 Å². The Hall–Kier alpha value is -2.47. The number of aryl methyl sites for hydroxylation is 1. The number of hydrogen-bond donors (Lipinski definition) is 1. The van der Waals surface area contributed by atoms with Gasteiger partial charge in [-0.05, 0) is 50.2 Å². The lowest BCUT2D eigenvalue weighted by atomic mass is 10.2. The van der Waals surface area contributed by atoms with E-state index in [9.17, 15) is 9.59 Å². The first kappa shape index (κ1) is 19.8. The van der Waals surface area contributed by atoms with Gasteiger partial charge in [0.2, 0.25) is 11.8 Å². The summed E-state index contributed by atoms with van der Waals surface area (Å²) >= 11 is 1.45. The summed E-state index contributed by atoms with van der Waals surface area (Å²) in [5.41, 5.74) is 1.85. The number of ether oxygens (including phenoxy) is 1. The van der Waals surface area contributed by atoms with Gasteiger partial charge in [-0.2, -0.15) is 0 Å². The molecule has 0 bridgehead atoms. The Morgan fingerprint density at radius 1 is 1.12 bits per heavy atom. The van der Waals surface area contributed by atoms with Crippen LogP contribution in [0.1, 0.15) is 12.5 Å². The second-order valence-electron chi connectivity index (χ2n) is 6.04. The third-order valence-electron chi connectivity index (χ3n) is 3.81. The number of thioether (sulfide) groups is 1. The lowest BCUT2D eigenvalue weighted by molar-refractivity contribution is -0.132. The minimum atomic E-state index is -0.291. The Kier molecular flexibility index (Phi) is 7.09. The number of hydrogen-bond acceptors (Lipinski definition) is 4. The number of benzene rings is 2. The van der Waals surface area contributed by atoms with Crippen LogP contribution >= 0.6 is 11.8 Å². The number of carbonyl (C=O) groups excluding carboxylic acids is 2. The van der Waals surface area contributed by atoms with Gasteiger partial charge in [0.15, 0.2) is 0 Å². The number of rotatable bonds is 7. The molecule has 2 aromatic rings. The first-order valence-electron chi connectivity index (χ1n) is 8.31. The Morgan fingerprint density at radius 2 is 1.73 bits per heavy atom. The molecule has 0 spiro atoms. The monoisotopic (exact) mass is 372 g/mol. The number of methoxy groups -OCH3 is 1. The van der Waals surface area contributed by atoms with Crippen molar-refractivity contribution in [2.75, 3.05) is 26.0 Å². The molecule has 5 nitrogen and oxygen atoms in total. The molecule has 0 unspecified atom stereocenters. The van der Waals surface area contributed by atoms with Gasteiger partial charge in [0.25, 0.3) is 0 Å². The van der Waals surface area contributed by atoms with Crippen LogP contribution in [-0.2, 0) is 9.59 Å². The summed E-state index contributed by atoms with van der Waals surface area (Å²) in [7, 11) is 3.26. The van der Waals surface area contributed by atoms with Crippen LogP contribution in [0.25, 0.3) is 0 Å². The van der Waals surface area contributed by atoms with Crippen LogP contribution in [0.2, 0.25) is 0 Å². The molecule has 2 aromatic carbocycles. The lowest BCUT2D eigenvalue weighted by Gasteiger charge is -2.21. The van der Waals surface area contributed by atoms with Crippen molar-refractivity contribution in [1.82, 2.24) is 4.90 Å². The normalized spacial score (nSPS) is 11.5. The van der Waals surface area contributed by atoms with E-state index in [0.717, 1.165) is 21.9 Å². The maximum absolute atomic E-state index is 12.5. The van der Waals surface area contributed by atoms with E-state index in [1.165, 1.54) is 16.7 Å². The minimum Gasteiger partial charge on any atom is -0.497 e. The van der Waals surface area contributed by atoms with Crippen LogP contribution in [0, 0.1) is 6.92 Å². The van der Waals surface area contributed by atoms with Gasteiger partial charge < -0.3 is 15.0 Å². The molecule has 0 aliphatic rings. The van der Waals surface area contributed by atoms with Gasteiger partial charge in [0, 0.05) is 17.6 Å². The molecule has 0 radical (unpaired) electrons. The number of nitrogens with one attached hydrogen (secondary N) is 1. The molecule has 0 heterocycles. The number of nitrogens with zero attached hydrogens (tertiary/aromatic N) is 1. The Morgan fingerprint density at radius 3 is 2.31 bits per heavy atom. The SMILES string of the molecule is COc1ccc(S[C@H](C)C(=O)N(C)CC(=O)Nc2ccc(C)cc2)cc1. The van der Waals surface area contributed by atoms with Crippen LogP contribution < -0.4 is 10.1 Å². The molecule has 1 N–H and O–H groups in total. The highest BCUT2D eigenvalue weighted by atomic mass is 32.2. The van der Waals surface area contributed by atoms with Gasteiger partial charge >= 0.3 is 0 Å². The lowest BCUT2D eigenvalue weighted by Crippen LogP contribution is -2.38. The molecule has 0 saturated carbocycles. The maximum atomic E-state index is 12.5. The van der Waals surface area contributed by atoms with E-state index in [1.807, 2.05) is 62.4 Å². The second-order valence-corrected chi connectivity index (χ2v) is 7.46. The molecule has 26 heavy (non-hydrogen) atoms. The molecule has 138 valence electrons. The van der Waals surface area contributed by atoms with Gasteiger partial charge in [-0.25, -0.2) is 0 Å². The van der Waals surface area contributed by atoms with E-state index >= 15 is 0 Å². The van der Waals surface area contributed by atoms with Crippen molar-refractivity contribution in [1.29, 1.82) is 0 Å². The third-order valence-corrected chi connectivity index (χ3v) is 4.91. The summed E-state index contributed by atoms with van der Waals surface area (Å²) < 4.78 is 5.13. The fraction of sp³-hybridized carbons (Fsp3) is 0.300. The van der Waals surface area contributed by atoms with Crippen molar-refractivity contribution < 1.29 is 14.3 Å². The summed E-state index contributed by atoms with van der Waals surface area (Å²) in [4.78, 5) is 27.1. The summed E-state index contributed by atoms with van der Waals surface area (Å²) in [6.07, 6.45) is 0. The molecule has 2 rings (SSSR count). The molecule has 0 aromatic heterocycles. The first-order chi connectivity index (χ1) is 12.4. The second kappa shape index (κ2) is 9.29. The fourth-order valence-electron chi connectivity index (χ4n) is 2.35. The van der Waals surface area contributed by atoms with E-state index in [4.69, 9.17) is 4.74 Å². The van der Waals surface area contributed by atoms with E-state index in [1.54, 1.807) is 14.2 Å². The van der Waals surface area contributed by atoms with Crippen molar-refractivity contribution in [3.05, 3.63) is 54.1 Å². The number of amides is 2. The summed E-state index contributed by atoms with van der Waals surface area (Å²) in [5.74, 6) is 0.467. The zero-order valence-corrected chi connectivity index (χ0v) is 16.3. The van der Waals surface area contributed by atoms with Gasteiger partial charge in [0.1, 0.15) is 5.75 Å². The van der Waals surface area contributed by atoms with Crippen molar-refractivity contribution >= 4 is 29.3 Å². The Labute approximate surface area is 158 Å². The van der Waals surface area contributed by atoms with Crippen LogP contribution in [0.5, 0.6) is 5.75 Å². The molecule has 0 saturated heterocycles. The maximum Gasteiger partial charge on any atom is 0.243 e. The molecule has 2 amide bonds. The largest absolute Gasteiger partial charge is 0.497 e. The van der Waals surface area contributed by atoms with Gasteiger partial charge in [-0.3, -0.25) is 9.59 Å². The van der Waals surface area contributed by atoms with Gasteiger partial charge in [-0.1, -0.05) is 17.7 Å². The van der Waals surface area contributed by atoms with Crippen molar-refractivity contribution in [3.63, 3.8) is 0 Å². The zero-order chi connectivity index (χ0) is 19.1. The number of anilines is 1. The van der Waals surface area contributed by atoms with E-state index in [2.05, 4.69) is 5.32 Å². The number of likely N-dealkylation sites (N-methyl/N-ethyl adjacent to an activating group) is 1. The molecule has 0 aliphatic heterocycles. The third kappa shape index (κ3) is 5.81. The Bertz CT molecular complexity index is 745. The first-order valence-corrected chi connectivity index (χ1v) is 9.19. The topological polar surface area (TPSA) is 58.6 Å². The minimum absolute atomic E-state index is 0.0141. The van der Waals surface area contributed by atoms with Crippen LogP contribution in [0.3, 0.4) is 0 Å². The predicted molar refractivity (Wildman–Crippen MR) is 106 cm³/mol. The molecule has 0 aliphatic carbocycles. The van der Waals surface area contributed by atoms with Crippen molar-refractivity contribution in [2.24, 2.45) is 0 Å². The van der Waals surface area contributed by atoms with Crippen LogP contribution in [0.15, 0.2) is 53.4 Å². The zero-order valence-electron chi connectivity index (χ0n) is 15.5. The highest BCUT2D eigenvalue weighted by molar-refractivity contribution is 8.00. The van der Waals surface area contributed by atoms with Crippen molar-refractivity contribution in [2.45, 2.75) is 24.0 Å². The molecular formula is C20H24N2O3S. The molecular weight excluding hydrogens is 348 g/mol.